The summed E-state index contributed by atoms with van der Waals surface area (Å²) < 4.78 is 16.8. The second-order valence-corrected chi connectivity index (χ2v) is 5.41. The van der Waals surface area contributed by atoms with Crippen LogP contribution in [0, 0.1) is 13.8 Å². The normalized spacial score (nSPS) is 21.6. The van der Waals surface area contributed by atoms with Gasteiger partial charge in [-0.1, -0.05) is 0 Å². The van der Waals surface area contributed by atoms with E-state index in [2.05, 4.69) is 4.98 Å². The number of amides is 1. The number of hydrogen-bond acceptors (Lipinski definition) is 5. The van der Waals surface area contributed by atoms with E-state index in [1.165, 1.54) is 0 Å². The molecule has 2 saturated heterocycles. The molecule has 0 unspecified atom stereocenters. The maximum atomic E-state index is 12.3. The highest BCUT2D eigenvalue weighted by Crippen LogP contribution is 2.31. The topological polar surface area (TPSA) is 64.8 Å². The van der Waals surface area contributed by atoms with Crippen LogP contribution < -0.4 is 0 Å². The van der Waals surface area contributed by atoms with E-state index in [0.29, 0.717) is 38.0 Å². The van der Waals surface area contributed by atoms with Crippen molar-refractivity contribution in [1.82, 2.24) is 9.88 Å². The minimum atomic E-state index is -0.435. The van der Waals surface area contributed by atoms with Gasteiger partial charge in [-0.25, -0.2) is 4.98 Å². The van der Waals surface area contributed by atoms with Gasteiger partial charge in [-0.15, -0.1) is 0 Å². The Bertz CT molecular complexity index is 495. The predicted molar refractivity (Wildman–Crippen MR) is 70.1 cm³/mol. The standard InChI is InChI=1S/C14H20N2O4/c1-10-12(20-11(2)15-10)9-13(17)16-5-3-14(4-6-16)18-7-8-19-14/h3-9H2,1-2H3. The van der Waals surface area contributed by atoms with Crippen LogP contribution in [0.5, 0.6) is 0 Å². The number of piperidine rings is 1. The number of hydrogen-bond donors (Lipinski definition) is 0. The first-order chi connectivity index (χ1) is 9.58. The van der Waals surface area contributed by atoms with Gasteiger partial charge < -0.3 is 18.8 Å². The number of rotatable bonds is 2. The molecule has 0 aromatic carbocycles. The molecule has 2 aliphatic heterocycles. The zero-order chi connectivity index (χ0) is 14.2. The second-order valence-electron chi connectivity index (χ2n) is 5.41. The molecule has 1 aromatic rings. The van der Waals surface area contributed by atoms with Crippen LogP contribution in [0.1, 0.15) is 30.2 Å². The number of likely N-dealkylation sites (tertiary alicyclic amines) is 1. The highest BCUT2D eigenvalue weighted by Gasteiger charge is 2.40. The Labute approximate surface area is 118 Å². The third-order valence-corrected chi connectivity index (χ3v) is 4.00. The molecule has 1 spiro atoms. The van der Waals surface area contributed by atoms with E-state index in [1.54, 1.807) is 6.92 Å². The monoisotopic (exact) mass is 280 g/mol. The van der Waals surface area contributed by atoms with Gasteiger partial charge >= 0.3 is 0 Å². The average molecular weight is 280 g/mol. The fourth-order valence-electron chi connectivity index (χ4n) is 2.87. The van der Waals surface area contributed by atoms with E-state index in [9.17, 15) is 4.79 Å². The van der Waals surface area contributed by atoms with Gasteiger partial charge in [0, 0.05) is 32.9 Å². The average Bonchev–Trinajstić information content (AvgIpc) is 2.98. The van der Waals surface area contributed by atoms with E-state index >= 15 is 0 Å². The minimum Gasteiger partial charge on any atom is -0.445 e. The molecule has 2 aliphatic rings. The number of aryl methyl sites for hydroxylation is 2. The third-order valence-electron chi connectivity index (χ3n) is 4.00. The van der Waals surface area contributed by atoms with Crippen molar-refractivity contribution >= 4 is 5.91 Å². The first-order valence-corrected chi connectivity index (χ1v) is 7.07. The molecular weight excluding hydrogens is 260 g/mol. The van der Waals surface area contributed by atoms with Gasteiger partial charge in [0.1, 0.15) is 5.76 Å². The fourth-order valence-corrected chi connectivity index (χ4v) is 2.87. The lowest BCUT2D eigenvalue weighted by Crippen LogP contribution is -2.47. The zero-order valence-corrected chi connectivity index (χ0v) is 12.0. The van der Waals surface area contributed by atoms with Gasteiger partial charge in [-0.3, -0.25) is 4.79 Å². The highest BCUT2D eigenvalue weighted by atomic mass is 16.7. The summed E-state index contributed by atoms with van der Waals surface area (Å²) >= 11 is 0. The van der Waals surface area contributed by atoms with Gasteiger partial charge in [0.15, 0.2) is 11.7 Å². The lowest BCUT2D eigenvalue weighted by molar-refractivity contribution is -0.187. The lowest BCUT2D eigenvalue weighted by atomic mass is 10.0. The van der Waals surface area contributed by atoms with Crippen LogP contribution in [0.3, 0.4) is 0 Å². The molecule has 1 amide bonds. The SMILES string of the molecule is Cc1nc(C)c(CC(=O)N2CCC3(CC2)OCCO3)o1. The lowest BCUT2D eigenvalue weighted by Gasteiger charge is -2.37. The van der Waals surface area contributed by atoms with Crippen molar-refractivity contribution in [2.45, 2.75) is 38.9 Å². The largest absolute Gasteiger partial charge is 0.445 e. The Hall–Kier alpha value is -1.40. The maximum Gasteiger partial charge on any atom is 0.230 e. The van der Waals surface area contributed by atoms with Crippen molar-refractivity contribution in [3.63, 3.8) is 0 Å². The number of ether oxygens (including phenoxy) is 2. The van der Waals surface area contributed by atoms with Crippen molar-refractivity contribution in [3.05, 3.63) is 17.3 Å². The van der Waals surface area contributed by atoms with Crippen molar-refractivity contribution in [1.29, 1.82) is 0 Å². The molecule has 1 aromatic heterocycles. The van der Waals surface area contributed by atoms with Crippen LogP contribution >= 0.6 is 0 Å². The smallest absolute Gasteiger partial charge is 0.230 e. The highest BCUT2D eigenvalue weighted by molar-refractivity contribution is 5.78. The van der Waals surface area contributed by atoms with Crippen LogP contribution in [-0.2, 0) is 20.7 Å². The quantitative estimate of drug-likeness (QED) is 0.814. The van der Waals surface area contributed by atoms with Crippen molar-refractivity contribution in [2.75, 3.05) is 26.3 Å². The first-order valence-electron chi connectivity index (χ1n) is 7.07. The van der Waals surface area contributed by atoms with Crippen molar-refractivity contribution in [2.24, 2.45) is 0 Å². The molecule has 3 rings (SSSR count). The number of carbonyl (C=O) groups excluding carboxylic acids is 1. The molecule has 0 N–H and O–H groups in total. The molecule has 2 fully saturated rings. The molecule has 110 valence electrons. The molecule has 0 aliphatic carbocycles. The van der Waals surface area contributed by atoms with Crippen LogP contribution in [0.4, 0.5) is 0 Å². The first kappa shape index (κ1) is 13.6. The van der Waals surface area contributed by atoms with E-state index in [4.69, 9.17) is 13.9 Å². The number of nitrogens with zero attached hydrogens (tertiary/aromatic N) is 2. The summed E-state index contributed by atoms with van der Waals surface area (Å²) in [7, 11) is 0. The molecule has 6 heteroatoms. The third kappa shape index (κ3) is 2.58. The van der Waals surface area contributed by atoms with Crippen LogP contribution in [0.2, 0.25) is 0 Å². The fraction of sp³-hybridized carbons (Fsp3) is 0.714. The van der Waals surface area contributed by atoms with Crippen molar-refractivity contribution in [3.8, 4) is 0 Å². The minimum absolute atomic E-state index is 0.0806. The summed E-state index contributed by atoms with van der Waals surface area (Å²) in [4.78, 5) is 18.3. The molecule has 3 heterocycles. The number of aromatic nitrogens is 1. The van der Waals surface area contributed by atoms with Gasteiger partial charge in [-0.05, 0) is 6.92 Å². The summed E-state index contributed by atoms with van der Waals surface area (Å²) in [5.41, 5.74) is 0.798. The van der Waals surface area contributed by atoms with E-state index in [-0.39, 0.29) is 12.3 Å². The van der Waals surface area contributed by atoms with E-state index < -0.39 is 5.79 Å². The molecule has 0 radical (unpaired) electrons. The van der Waals surface area contributed by atoms with Gasteiger partial charge in [-0.2, -0.15) is 0 Å². The van der Waals surface area contributed by atoms with Gasteiger partial charge in [0.2, 0.25) is 5.91 Å². The zero-order valence-electron chi connectivity index (χ0n) is 12.0. The molecule has 20 heavy (non-hydrogen) atoms. The Kier molecular flexibility index (Phi) is 3.52. The van der Waals surface area contributed by atoms with Crippen molar-refractivity contribution < 1.29 is 18.7 Å². The summed E-state index contributed by atoms with van der Waals surface area (Å²) in [6.45, 7) is 6.32. The van der Waals surface area contributed by atoms with Gasteiger partial charge in [0.25, 0.3) is 0 Å². The molecule has 0 atom stereocenters. The molecular formula is C14H20N2O4. The van der Waals surface area contributed by atoms with E-state index in [0.717, 1.165) is 18.5 Å². The Balaban J connectivity index is 1.58. The summed E-state index contributed by atoms with van der Waals surface area (Å²) in [6, 6.07) is 0. The van der Waals surface area contributed by atoms with Gasteiger partial charge in [0.05, 0.1) is 25.3 Å². The second kappa shape index (κ2) is 5.18. The maximum absolute atomic E-state index is 12.3. The predicted octanol–water partition coefficient (Wildman–Crippen LogP) is 1.20. The molecule has 6 nitrogen and oxygen atoms in total. The number of oxazole rings is 1. The van der Waals surface area contributed by atoms with Crippen LogP contribution in [0.25, 0.3) is 0 Å². The Morgan fingerprint density at radius 3 is 2.45 bits per heavy atom. The Morgan fingerprint density at radius 2 is 1.90 bits per heavy atom. The number of carbonyl (C=O) groups is 1. The summed E-state index contributed by atoms with van der Waals surface area (Å²) in [5.74, 6) is 0.920. The molecule has 0 saturated carbocycles. The van der Waals surface area contributed by atoms with E-state index in [1.807, 2.05) is 11.8 Å². The van der Waals surface area contributed by atoms with Crippen LogP contribution in [-0.4, -0.2) is 47.9 Å². The van der Waals surface area contributed by atoms with Crippen LogP contribution in [0.15, 0.2) is 4.42 Å². The molecule has 0 bridgehead atoms. The summed E-state index contributed by atoms with van der Waals surface area (Å²) in [5, 5.41) is 0. The summed E-state index contributed by atoms with van der Waals surface area (Å²) in [6.07, 6.45) is 1.77. The Morgan fingerprint density at radius 1 is 1.25 bits per heavy atom.